The highest BCUT2D eigenvalue weighted by atomic mass is 16.5. The Kier molecular flexibility index (Phi) is 5.13. The molecule has 1 fully saturated rings. The molecule has 0 unspecified atom stereocenters. The van der Waals surface area contributed by atoms with Crippen LogP contribution in [0.25, 0.3) is 21.9 Å². The first kappa shape index (κ1) is 20.8. The summed E-state index contributed by atoms with van der Waals surface area (Å²) in [5.41, 5.74) is 10.5. The lowest BCUT2D eigenvalue weighted by Crippen LogP contribution is -2.23. The van der Waals surface area contributed by atoms with Crippen molar-refractivity contribution in [2.45, 2.75) is 25.8 Å². The van der Waals surface area contributed by atoms with E-state index in [9.17, 15) is 9.59 Å². The van der Waals surface area contributed by atoms with Crippen molar-refractivity contribution in [3.05, 3.63) is 88.2 Å². The van der Waals surface area contributed by atoms with Crippen molar-refractivity contribution < 1.29 is 9.53 Å². The Bertz CT molecular complexity index is 1430. The molecule has 1 aliphatic carbocycles. The van der Waals surface area contributed by atoms with Crippen molar-refractivity contribution in [1.29, 1.82) is 0 Å². The fourth-order valence-corrected chi connectivity index (χ4v) is 4.26. The zero-order valence-electron chi connectivity index (χ0n) is 18.6. The third kappa shape index (κ3) is 3.84. The van der Waals surface area contributed by atoms with Crippen LogP contribution in [0.4, 0.5) is 11.5 Å². The number of nitrogen functional groups attached to an aromatic ring is 1. The van der Waals surface area contributed by atoms with Crippen molar-refractivity contribution in [2.24, 2.45) is 0 Å². The lowest BCUT2D eigenvalue weighted by atomic mass is 9.97. The maximum atomic E-state index is 13.4. The van der Waals surface area contributed by atoms with Gasteiger partial charge in [0.15, 0.2) is 0 Å². The van der Waals surface area contributed by atoms with Gasteiger partial charge in [-0.15, -0.1) is 0 Å². The Morgan fingerprint density at radius 1 is 1.03 bits per heavy atom. The Morgan fingerprint density at radius 2 is 1.79 bits per heavy atom. The van der Waals surface area contributed by atoms with E-state index < -0.39 is 0 Å². The van der Waals surface area contributed by atoms with E-state index in [0.717, 1.165) is 34.9 Å². The van der Waals surface area contributed by atoms with Crippen LogP contribution in [0.3, 0.4) is 0 Å². The van der Waals surface area contributed by atoms with Gasteiger partial charge in [-0.25, -0.2) is 0 Å². The Morgan fingerprint density at radius 3 is 2.45 bits per heavy atom. The van der Waals surface area contributed by atoms with Gasteiger partial charge in [0.2, 0.25) is 0 Å². The van der Waals surface area contributed by atoms with Gasteiger partial charge >= 0.3 is 0 Å². The number of carbonyl (C=O) groups excluding carboxylic acids is 1. The Balaban J connectivity index is 1.61. The smallest absolute Gasteiger partial charge is 0.260 e. The van der Waals surface area contributed by atoms with E-state index in [1.165, 1.54) is 0 Å². The molecule has 5 rings (SSSR count). The Labute approximate surface area is 191 Å². The molecule has 0 aliphatic heterocycles. The van der Waals surface area contributed by atoms with Gasteiger partial charge in [-0.1, -0.05) is 35.9 Å². The van der Waals surface area contributed by atoms with Gasteiger partial charge in [-0.3, -0.25) is 14.2 Å². The molecule has 1 amide bonds. The predicted molar refractivity (Wildman–Crippen MR) is 132 cm³/mol. The number of nitrogens with one attached hydrogen (secondary N) is 1. The maximum absolute atomic E-state index is 13.4. The first-order valence-electron chi connectivity index (χ1n) is 11.0. The number of fused-ring (bicyclic) bond motifs is 1. The molecule has 3 aromatic carbocycles. The number of anilines is 2. The molecule has 1 aromatic heterocycles. The SMILES string of the molecule is COc1ccc(C(=O)Nc2ccc3c(-c4cccc(C)c4)c(N)n(C4CC4)c(=O)c3c2)cc1. The zero-order chi connectivity index (χ0) is 23.1. The predicted octanol–water partition coefficient (Wildman–Crippen LogP) is 5.15. The molecule has 0 spiro atoms. The number of benzene rings is 3. The lowest BCUT2D eigenvalue weighted by molar-refractivity contribution is 0.102. The van der Waals surface area contributed by atoms with Crippen molar-refractivity contribution in [3.8, 4) is 16.9 Å². The second kappa shape index (κ2) is 8.13. The van der Waals surface area contributed by atoms with E-state index in [1.807, 2.05) is 37.3 Å². The van der Waals surface area contributed by atoms with Crippen molar-refractivity contribution >= 4 is 28.2 Å². The van der Waals surface area contributed by atoms with E-state index in [4.69, 9.17) is 10.5 Å². The van der Waals surface area contributed by atoms with Crippen LogP contribution in [0.5, 0.6) is 5.75 Å². The molecule has 166 valence electrons. The standard InChI is InChI=1S/C27H25N3O3/c1-16-4-3-5-18(14-16)24-22-13-8-19(29-26(31)17-6-11-21(33-2)12-7-17)15-23(22)27(32)30(25(24)28)20-9-10-20/h3-8,11-15,20H,9-10,28H2,1-2H3,(H,29,31). The highest BCUT2D eigenvalue weighted by molar-refractivity contribution is 6.07. The lowest BCUT2D eigenvalue weighted by Gasteiger charge is -2.18. The topological polar surface area (TPSA) is 86.3 Å². The summed E-state index contributed by atoms with van der Waals surface area (Å²) in [5.74, 6) is 0.920. The minimum atomic E-state index is -0.256. The van der Waals surface area contributed by atoms with Crippen LogP contribution in [0.2, 0.25) is 0 Å². The first-order chi connectivity index (χ1) is 16.0. The van der Waals surface area contributed by atoms with Crippen LogP contribution in [0.1, 0.15) is 34.8 Å². The molecule has 0 bridgehead atoms. The Hall–Kier alpha value is -4.06. The quantitative estimate of drug-likeness (QED) is 0.450. The third-order valence-corrected chi connectivity index (χ3v) is 6.08. The summed E-state index contributed by atoms with van der Waals surface area (Å²) >= 11 is 0. The number of pyridine rings is 1. The number of nitrogens with zero attached hydrogens (tertiary/aromatic N) is 1. The molecular formula is C27H25N3O3. The third-order valence-electron chi connectivity index (χ3n) is 6.08. The minimum Gasteiger partial charge on any atom is -0.497 e. The number of rotatable bonds is 5. The summed E-state index contributed by atoms with van der Waals surface area (Å²) in [5, 5.41) is 4.23. The number of hydrogen-bond donors (Lipinski definition) is 2. The first-order valence-corrected chi connectivity index (χ1v) is 11.0. The zero-order valence-corrected chi connectivity index (χ0v) is 18.6. The number of carbonyl (C=O) groups is 1. The number of ether oxygens (including phenoxy) is 1. The van der Waals surface area contributed by atoms with Crippen molar-refractivity contribution in [1.82, 2.24) is 4.57 Å². The molecule has 0 atom stereocenters. The van der Waals surface area contributed by atoms with Gasteiger partial charge in [-0.2, -0.15) is 0 Å². The number of aryl methyl sites for hydroxylation is 1. The molecule has 1 heterocycles. The number of nitrogens with two attached hydrogens (primary N) is 1. The summed E-state index contributed by atoms with van der Waals surface area (Å²) in [6, 6.07) is 20.5. The summed E-state index contributed by atoms with van der Waals surface area (Å²) < 4.78 is 6.87. The number of hydrogen-bond acceptors (Lipinski definition) is 4. The van der Waals surface area contributed by atoms with Crippen LogP contribution in [0, 0.1) is 6.92 Å². The van der Waals surface area contributed by atoms with Gasteiger partial charge in [-0.05, 0) is 67.1 Å². The highest BCUT2D eigenvalue weighted by Gasteiger charge is 2.29. The number of aromatic nitrogens is 1. The van der Waals surface area contributed by atoms with Crippen LogP contribution in [-0.2, 0) is 0 Å². The molecule has 3 N–H and O–H groups in total. The molecule has 0 radical (unpaired) electrons. The van der Waals surface area contributed by atoms with Crippen molar-refractivity contribution in [2.75, 3.05) is 18.2 Å². The average Bonchev–Trinajstić information content (AvgIpc) is 3.65. The summed E-state index contributed by atoms with van der Waals surface area (Å²) in [4.78, 5) is 26.2. The van der Waals surface area contributed by atoms with Gasteiger partial charge in [0.05, 0.1) is 12.5 Å². The largest absolute Gasteiger partial charge is 0.497 e. The van der Waals surface area contributed by atoms with Crippen LogP contribution < -0.4 is 21.3 Å². The van der Waals surface area contributed by atoms with Crippen molar-refractivity contribution in [3.63, 3.8) is 0 Å². The summed E-state index contributed by atoms with van der Waals surface area (Å²) in [7, 11) is 1.58. The number of methoxy groups -OCH3 is 1. The van der Waals surface area contributed by atoms with E-state index in [-0.39, 0.29) is 17.5 Å². The second-order valence-corrected chi connectivity index (χ2v) is 8.48. The molecule has 33 heavy (non-hydrogen) atoms. The van der Waals surface area contributed by atoms with Gasteiger partial charge in [0.1, 0.15) is 11.6 Å². The maximum Gasteiger partial charge on any atom is 0.260 e. The monoisotopic (exact) mass is 439 g/mol. The highest BCUT2D eigenvalue weighted by Crippen LogP contribution is 2.41. The molecule has 4 aromatic rings. The fourth-order valence-electron chi connectivity index (χ4n) is 4.26. The molecule has 1 aliphatic rings. The molecule has 6 heteroatoms. The van der Waals surface area contributed by atoms with Gasteiger partial charge < -0.3 is 15.8 Å². The molecule has 0 saturated heterocycles. The molecule has 1 saturated carbocycles. The van der Waals surface area contributed by atoms with Gasteiger partial charge in [0.25, 0.3) is 11.5 Å². The van der Waals surface area contributed by atoms with E-state index >= 15 is 0 Å². The number of amides is 1. The van der Waals surface area contributed by atoms with E-state index in [1.54, 1.807) is 42.0 Å². The summed E-state index contributed by atoms with van der Waals surface area (Å²) in [6.45, 7) is 2.03. The van der Waals surface area contributed by atoms with Crippen LogP contribution in [-0.4, -0.2) is 17.6 Å². The minimum absolute atomic E-state index is 0.123. The molecule has 6 nitrogen and oxygen atoms in total. The summed E-state index contributed by atoms with van der Waals surface area (Å²) in [6.07, 6.45) is 1.88. The van der Waals surface area contributed by atoms with Crippen LogP contribution >= 0.6 is 0 Å². The van der Waals surface area contributed by atoms with Gasteiger partial charge in [0, 0.05) is 22.9 Å². The molecular weight excluding hydrogens is 414 g/mol. The second-order valence-electron chi connectivity index (χ2n) is 8.48. The normalized spacial score (nSPS) is 13.2. The van der Waals surface area contributed by atoms with E-state index in [0.29, 0.717) is 28.2 Å². The van der Waals surface area contributed by atoms with Crippen LogP contribution in [0.15, 0.2) is 71.5 Å². The van der Waals surface area contributed by atoms with E-state index in [2.05, 4.69) is 11.4 Å². The average molecular weight is 440 g/mol. The fraction of sp³-hybridized carbons (Fsp3) is 0.185.